The van der Waals surface area contributed by atoms with Gasteiger partial charge < -0.3 is 5.11 Å². The van der Waals surface area contributed by atoms with Gasteiger partial charge in [-0.25, -0.2) is 4.39 Å². The third-order valence-corrected chi connectivity index (χ3v) is 3.79. The van der Waals surface area contributed by atoms with Crippen LogP contribution in [0.3, 0.4) is 0 Å². The van der Waals surface area contributed by atoms with Gasteiger partial charge in [-0.15, -0.1) is 11.3 Å². The van der Waals surface area contributed by atoms with Crippen molar-refractivity contribution in [2.24, 2.45) is 0 Å². The lowest BCUT2D eigenvalue weighted by Gasteiger charge is -2.00. The Bertz CT molecular complexity index is 452. The van der Waals surface area contributed by atoms with E-state index in [4.69, 9.17) is 5.11 Å². The molecule has 4 heteroatoms. The van der Waals surface area contributed by atoms with Crippen LogP contribution < -0.4 is 0 Å². The van der Waals surface area contributed by atoms with E-state index in [1.54, 1.807) is 6.07 Å². The number of aliphatic hydroxyl groups is 1. The van der Waals surface area contributed by atoms with E-state index in [1.165, 1.54) is 16.7 Å². The van der Waals surface area contributed by atoms with Gasteiger partial charge in [0.25, 0.3) is 0 Å². The van der Waals surface area contributed by atoms with Crippen LogP contribution in [0.2, 0.25) is 0 Å². The molecule has 0 unspecified atom stereocenters. The molecule has 0 spiro atoms. The first-order valence-corrected chi connectivity index (χ1v) is 5.36. The predicted molar refractivity (Wildman–Crippen MR) is 55.4 cm³/mol. The van der Waals surface area contributed by atoms with Gasteiger partial charge in [0.1, 0.15) is 5.82 Å². The maximum Gasteiger partial charge on any atom is 0.142 e. The first-order chi connectivity index (χ1) is 6.24. The van der Waals surface area contributed by atoms with Gasteiger partial charge in [-0.3, -0.25) is 0 Å². The molecule has 1 nitrogen and oxygen atoms in total. The zero-order chi connectivity index (χ0) is 9.42. The van der Waals surface area contributed by atoms with E-state index in [2.05, 4.69) is 15.9 Å². The molecule has 1 heterocycles. The summed E-state index contributed by atoms with van der Waals surface area (Å²) in [5.74, 6) is -0.259. The number of hydrogen-bond donors (Lipinski definition) is 1. The maximum atomic E-state index is 13.3. The van der Waals surface area contributed by atoms with Gasteiger partial charge in [-0.1, -0.05) is 6.07 Å². The summed E-state index contributed by atoms with van der Waals surface area (Å²) in [5.41, 5.74) is 0.636. The maximum absolute atomic E-state index is 13.3. The third kappa shape index (κ3) is 1.39. The Balaban J connectivity index is 2.88. The van der Waals surface area contributed by atoms with Crippen molar-refractivity contribution in [2.45, 2.75) is 6.61 Å². The molecule has 0 aliphatic heterocycles. The number of thiophene rings is 1. The molecule has 0 amide bonds. The molecule has 2 rings (SSSR count). The third-order valence-electron chi connectivity index (χ3n) is 1.89. The molecule has 2 aromatic rings. The predicted octanol–water partition coefficient (Wildman–Crippen LogP) is 3.30. The largest absolute Gasteiger partial charge is 0.392 e. The minimum atomic E-state index is -0.259. The van der Waals surface area contributed by atoms with Crippen LogP contribution in [0.5, 0.6) is 0 Å². The van der Waals surface area contributed by atoms with Crippen molar-refractivity contribution in [1.29, 1.82) is 0 Å². The highest BCUT2D eigenvalue weighted by Gasteiger charge is 2.10. The average Bonchev–Trinajstić information content (AvgIpc) is 2.51. The summed E-state index contributed by atoms with van der Waals surface area (Å²) in [5, 5.41) is 11.0. The smallest absolute Gasteiger partial charge is 0.142 e. The Morgan fingerprint density at radius 2 is 2.23 bits per heavy atom. The number of fused-ring (bicyclic) bond motifs is 1. The Hall–Kier alpha value is -0.450. The number of halogens is 2. The molecule has 0 bridgehead atoms. The molecule has 0 fully saturated rings. The standard InChI is InChI=1S/C9H6BrFOS/c10-6-2-1-5(3-12)8-7(11)4-13-9(6)8/h1-2,4,12H,3H2. The normalized spacial score (nSPS) is 11.0. The molecule has 0 aliphatic carbocycles. The van der Waals surface area contributed by atoms with Gasteiger partial charge in [0.15, 0.2) is 0 Å². The number of rotatable bonds is 1. The highest BCUT2D eigenvalue weighted by molar-refractivity contribution is 9.10. The lowest BCUT2D eigenvalue weighted by Crippen LogP contribution is -1.85. The Labute approximate surface area is 86.9 Å². The Kier molecular flexibility index (Phi) is 2.36. The molecular formula is C9H6BrFOS. The van der Waals surface area contributed by atoms with Crippen LogP contribution in [0.1, 0.15) is 5.56 Å². The number of aliphatic hydroxyl groups excluding tert-OH is 1. The fourth-order valence-electron chi connectivity index (χ4n) is 1.28. The second kappa shape index (κ2) is 3.36. The highest BCUT2D eigenvalue weighted by Crippen LogP contribution is 2.33. The number of benzene rings is 1. The van der Waals surface area contributed by atoms with E-state index in [0.717, 1.165) is 9.17 Å². The molecule has 0 saturated carbocycles. The van der Waals surface area contributed by atoms with Gasteiger partial charge in [0.2, 0.25) is 0 Å². The lowest BCUT2D eigenvalue weighted by atomic mass is 10.1. The van der Waals surface area contributed by atoms with Crippen LogP contribution in [-0.2, 0) is 6.61 Å². The Morgan fingerprint density at radius 1 is 1.46 bits per heavy atom. The van der Waals surface area contributed by atoms with Crippen molar-refractivity contribution in [3.05, 3.63) is 33.4 Å². The van der Waals surface area contributed by atoms with Crippen LogP contribution in [0, 0.1) is 5.82 Å². The number of hydrogen-bond acceptors (Lipinski definition) is 2. The average molecular weight is 261 g/mol. The zero-order valence-corrected chi connectivity index (χ0v) is 8.95. The molecule has 68 valence electrons. The molecule has 0 atom stereocenters. The van der Waals surface area contributed by atoms with Crippen molar-refractivity contribution in [1.82, 2.24) is 0 Å². The summed E-state index contributed by atoms with van der Waals surface area (Å²) in [4.78, 5) is 0. The van der Waals surface area contributed by atoms with Crippen LogP contribution in [-0.4, -0.2) is 5.11 Å². The summed E-state index contributed by atoms with van der Waals surface area (Å²) in [6.07, 6.45) is 0. The lowest BCUT2D eigenvalue weighted by molar-refractivity contribution is 0.283. The second-order valence-corrected chi connectivity index (χ2v) is 4.39. The van der Waals surface area contributed by atoms with Gasteiger partial charge in [-0.05, 0) is 27.6 Å². The summed E-state index contributed by atoms with van der Waals surface area (Å²) >= 11 is 4.67. The van der Waals surface area contributed by atoms with E-state index < -0.39 is 0 Å². The molecule has 1 aromatic heterocycles. The zero-order valence-electron chi connectivity index (χ0n) is 6.55. The molecule has 0 saturated heterocycles. The topological polar surface area (TPSA) is 20.2 Å². The monoisotopic (exact) mass is 260 g/mol. The van der Waals surface area contributed by atoms with Crippen LogP contribution in [0.25, 0.3) is 10.1 Å². The van der Waals surface area contributed by atoms with E-state index in [9.17, 15) is 4.39 Å². The van der Waals surface area contributed by atoms with Crippen LogP contribution in [0.15, 0.2) is 22.0 Å². The summed E-state index contributed by atoms with van der Waals surface area (Å²) in [6, 6.07) is 3.55. The van der Waals surface area contributed by atoms with Crippen molar-refractivity contribution in [3.8, 4) is 0 Å². The van der Waals surface area contributed by atoms with Crippen molar-refractivity contribution in [3.63, 3.8) is 0 Å². The summed E-state index contributed by atoms with van der Waals surface area (Å²) in [7, 11) is 0. The minimum absolute atomic E-state index is 0.128. The van der Waals surface area contributed by atoms with Crippen LogP contribution >= 0.6 is 27.3 Å². The van der Waals surface area contributed by atoms with Crippen molar-refractivity contribution >= 4 is 37.4 Å². The molecule has 0 radical (unpaired) electrons. The first kappa shape index (κ1) is 9.12. The van der Waals surface area contributed by atoms with Crippen molar-refractivity contribution < 1.29 is 9.50 Å². The molecular weight excluding hydrogens is 255 g/mol. The van der Waals surface area contributed by atoms with E-state index in [-0.39, 0.29) is 12.4 Å². The summed E-state index contributed by atoms with van der Waals surface area (Å²) < 4.78 is 15.0. The van der Waals surface area contributed by atoms with Crippen molar-refractivity contribution in [2.75, 3.05) is 0 Å². The van der Waals surface area contributed by atoms with Crippen LogP contribution in [0.4, 0.5) is 4.39 Å². The minimum Gasteiger partial charge on any atom is -0.392 e. The fraction of sp³-hybridized carbons (Fsp3) is 0.111. The highest BCUT2D eigenvalue weighted by atomic mass is 79.9. The fourth-order valence-corrected chi connectivity index (χ4v) is 2.75. The molecule has 0 aliphatic rings. The van der Waals surface area contributed by atoms with E-state index >= 15 is 0 Å². The molecule has 1 N–H and O–H groups in total. The van der Waals surface area contributed by atoms with Gasteiger partial charge in [0, 0.05) is 15.2 Å². The van der Waals surface area contributed by atoms with E-state index in [0.29, 0.717) is 10.9 Å². The SMILES string of the molecule is OCc1ccc(Br)c2scc(F)c12. The second-order valence-electron chi connectivity index (χ2n) is 2.65. The first-order valence-electron chi connectivity index (χ1n) is 3.69. The van der Waals surface area contributed by atoms with Gasteiger partial charge in [-0.2, -0.15) is 0 Å². The van der Waals surface area contributed by atoms with Gasteiger partial charge in [0.05, 0.1) is 11.3 Å². The summed E-state index contributed by atoms with van der Waals surface area (Å²) in [6.45, 7) is -0.128. The molecule has 13 heavy (non-hydrogen) atoms. The Morgan fingerprint density at radius 3 is 2.92 bits per heavy atom. The molecule has 1 aromatic carbocycles. The quantitative estimate of drug-likeness (QED) is 0.835. The van der Waals surface area contributed by atoms with E-state index in [1.807, 2.05) is 6.07 Å². The van der Waals surface area contributed by atoms with Gasteiger partial charge >= 0.3 is 0 Å².